The topological polar surface area (TPSA) is 66.4 Å². The normalized spacial score (nSPS) is 12.3. The lowest BCUT2D eigenvalue weighted by atomic mass is 10.0. The van der Waals surface area contributed by atoms with Crippen LogP contribution in [0.2, 0.25) is 0 Å². The van der Waals surface area contributed by atoms with Gasteiger partial charge in [-0.3, -0.25) is 9.59 Å². The van der Waals surface area contributed by atoms with Crippen LogP contribution in [0.1, 0.15) is 30.6 Å². The molecule has 1 radical (unpaired) electrons. The lowest BCUT2D eigenvalue weighted by Gasteiger charge is -2.14. The summed E-state index contributed by atoms with van der Waals surface area (Å²) >= 11 is 0. The van der Waals surface area contributed by atoms with Crippen molar-refractivity contribution in [3.05, 3.63) is 42.0 Å². The Morgan fingerprint density at radius 1 is 1.19 bits per heavy atom. The lowest BCUT2D eigenvalue weighted by molar-refractivity contribution is 0.0943. The lowest BCUT2D eigenvalue weighted by Crippen LogP contribution is -2.36. The summed E-state index contributed by atoms with van der Waals surface area (Å²) < 4.78 is 0. The quantitative estimate of drug-likeness (QED) is 0.887. The van der Waals surface area contributed by atoms with Crippen molar-refractivity contribution in [1.29, 1.82) is 0 Å². The summed E-state index contributed by atoms with van der Waals surface area (Å²) in [6.45, 7) is 3.97. The van der Waals surface area contributed by atoms with Gasteiger partial charge in [0.25, 0.3) is 5.91 Å². The van der Waals surface area contributed by atoms with Crippen LogP contribution in [-0.4, -0.2) is 23.3 Å². The van der Waals surface area contributed by atoms with Gasteiger partial charge < -0.3 is 10.4 Å². The van der Waals surface area contributed by atoms with Gasteiger partial charge in [-0.25, -0.2) is 0 Å². The van der Waals surface area contributed by atoms with Crippen LogP contribution in [-0.2, 0) is 4.79 Å². The van der Waals surface area contributed by atoms with Crippen molar-refractivity contribution >= 4 is 23.0 Å². The Morgan fingerprint density at radius 2 is 1.86 bits per heavy atom. The van der Waals surface area contributed by atoms with Crippen LogP contribution in [0.5, 0.6) is 5.75 Å². The predicted molar refractivity (Wildman–Crippen MR) is 82.0 cm³/mol. The number of carbonyl (C=O) groups is 1. The molecule has 4 nitrogen and oxygen atoms in total. The third kappa shape index (κ3) is 3.81. The minimum atomic E-state index is -0.590. The SMILES string of the molecule is CC(C)C[C@@H]([C]=O)NC(=O)c1ccc2cc(O)ccc2c1. The van der Waals surface area contributed by atoms with Crippen LogP contribution in [0.4, 0.5) is 0 Å². The van der Waals surface area contributed by atoms with Crippen molar-refractivity contribution < 1.29 is 14.7 Å². The van der Waals surface area contributed by atoms with E-state index in [1.807, 2.05) is 20.1 Å². The highest BCUT2D eigenvalue weighted by Gasteiger charge is 2.15. The first-order chi connectivity index (χ1) is 9.99. The molecular weight excluding hydrogens is 266 g/mol. The molecule has 0 aliphatic rings. The Kier molecular flexibility index (Phi) is 4.58. The zero-order valence-corrected chi connectivity index (χ0v) is 12.1. The Balaban J connectivity index is 2.19. The van der Waals surface area contributed by atoms with Crippen LogP contribution < -0.4 is 5.32 Å². The second-order valence-corrected chi connectivity index (χ2v) is 5.52. The fourth-order valence-corrected chi connectivity index (χ4v) is 2.22. The molecule has 0 saturated heterocycles. The van der Waals surface area contributed by atoms with Gasteiger partial charge in [-0.15, -0.1) is 0 Å². The van der Waals surface area contributed by atoms with E-state index in [1.165, 1.54) is 0 Å². The molecule has 109 valence electrons. The molecule has 2 rings (SSSR count). The average molecular weight is 284 g/mol. The minimum absolute atomic E-state index is 0.187. The molecule has 0 heterocycles. The van der Waals surface area contributed by atoms with Crippen LogP contribution in [0.25, 0.3) is 10.8 Å². The molecule has 2 aromatic rings. The summed E-state index contributed by atoms with van der Waals surface area (Å²) in [5.74, 6) is 0.197. The summed E-state index contributed by atoms with van der Waals surface area (Å²) in [5.41, 5.74) is 0.484. The molecule has 0 unspecified atom stereocenters. The fourth-order valence-electron chi connectivity index (χ4n) is 2.22. The van der Waals surface area contributed by atoms with Crippen molar-refractivity contribution in [2.75, 3.05) is 0 Å². The molecule has 0 spiro atoms. The third-order valence-electron chi connectivity index (χ3n) is 3.24. The smallest absolute Gasteiger partial charge is 0.251 e. The number of hydrogen-bond acceptors (Lipinski definition) is 3. The standard InChI is InChI=1S/C17H18NO3/c1-11(2)7-15(10-19)18-17(21)14-4-3-13-9-16(20)6-5-12(13)8-14/h3-6,8-9,11,15,20H,7H2,1-2H3,(H,18,21)/t15-/m0/s1. The number of amides is 1. The number of hydrogen-bond donors (Lipinski definition) is 2. The van der Waals surface area contributed by atoms with Crippen molar-refractivity contribution in [3.8, 4) is 5.75 Å². The Morgan fingerprint density at radius 3 is 2.52 bits per heavy atom. The van der Waals surface area contributed by atoms with E-state index in [-0.39, 0.29) is 11.7 Å². The largest absolute Gasteiger partial charge is 0.508 e. The van der Waals surface area contributed by atoms with Crippen molar-refractivity contribution in [2.45, 2.75) is 26.3 Å². The van der Waals surface area contributed by atoms with E-state index in [4.69, 9.17) is 0 Å². The van der Waals surface area contributed by atoms with Crippen LogP contribution in [0.3, 0.4) is 0 Å². The number of carbonyl (C=O) groups excluding carboxylic acids is 2. The molecule has 4 heteroatoms. The maximum absolute atomic E-state index is 12.2. The summed E-state index contributed by atoms with van der Waals surface area (Å²) in [4.78, 5) is 23.1. The van der Waals surface area contributed by atoms with E-state index in [2.05, 4.69) is 5.32 Å². The number of nitrogens with one attached hydrogen (secondary N) is 1. The number of rotatable bonds is 5. The molecule has 0 aromatic heterocycles. The van der Waals surface area contributed by atoms with Crippen molar-refractivity contribution in [3.63, 3.8) is 0 Å². The first-order valence-electron chi connectivity index (χ1n) is 6.91. The molecule has 1 amide bonds. The molecule has 0 aliphatic heterocycles. The molecule has 2 N–H and O–H groups in total. The van der Waals surface area contributed by atoms with Gasteiger partial charge in [0.2, 0.25) is 6.29 Å². The second kappa shape index (κ2) is 6.39. The van der Waals surface area contributed by atoms with Gasteiger partial charge >= 0.3 is 0 Å². The van der Waals surface area contributed by atoms with E-state index < -0.39 is 6.04 Å². The van der Waals surface area contributed by atoms with E-state index in [9.17, 15) is 14.7 Å². The van der Waals surface area contributed by atoms with Crippen LogP contribution in [0.15, 0.2) is 36.4 Å². The molecule has 2 aromatic carbocycles. The fraction of sp³-hybridized carbons (Fsp3) is 0.294. The number of benzene rings is 2. The second-order valence-electron chi connectivity index (χ2n) is 5.52. The van der Waals surface area contributed by atoms with Gasteiger partial charge in [-0.2, -0.15) is 0 Å². The highest BCUT2D eigenvalue weighted by atomic mass is 16.3. The first kappa shape index (κ1) is 15.0. The van der Waals surface area contributed by atoms with Crippen LogP contribution >= 0.6 is 0 Å². The maximum atomic E-state index is 12.2. The van der Waals surface area contributed by atoms with E-state index in [0.717, 1.165) is 10.8 Å². The number of aromatic hydroxyl groups is 1. The van der Waals surface area contributed by atoms with Gasteiger partial charge in [-0.05, 0) is 47.4 Å². The zero-order valence-electron chi connectivity index (χ0n) is 12.1. The van der Waals surface area contributed by atoms with Gasteiger partial charge in [0.15, 0.2) is 0 Å². The Bertz CT molecular complexity index is 664. The van der Waals surface area contributed by atoms with E-state index in [1.54, 1.807) is 36.4 Å². The summed E-state index contributed by atoms with van der Waals surface area (Å²) in [6.07, 6.45) is 2.43. The van der Waals surface area contributed by atoms with Gasteiger partial charge in [0.1, 0.15) is 5.75 Å². The summed E-state index contributed by atoms with van der Waals surface area (Å²) in [6, 6.07) is 9.55. The zero-order chi connectivity index (χ0) is 15.4. The molecule has 0 bridgehead atoms. The van der Waals surface area contributed by atoms with Gasteiger partial charge in [0.05, 0.1) is 6.04 Å². The maximum Gasteiger partial charge on any atom is 0.251 e. The molecule has 1 atom stereocenters. The number of phenols is 1. The predicted octanol–water partition coefficient (Wildman–Crippen LogP) is 2.80. The van der Waals surface area contributed by atoms with E-state index >= 15 is 0 Å². The van der Waals surface area contributed by atoms with Crippen molar-refractivity contribution in [2.24, 2.45) is 5.92 Å². The minimum Gasteiger partial charge on any atom is -0.508 e. The molecule has 21 heavy (non-hydrogen) atoms. The Hall–Kier alpha value is -2.36. The number of phenolic OH excluding ortho intramolecular Hbond substituents is 1. The summed E-state index contributed by atoms with van der Waals surface area (Å²) in [7, 11) is 0. The molecule has 0 saturated carbocycles. The third-order valence-corrected chi connectivity index (χ3v) is 3.24. The highest BCUT2D eigenvalue weighted by Crippen LogP contribution is 2.21. The van der Waals surface area contributed by atoms with E-state index in [0.29, 0.717) is 17.9 Å². The highest BCUT2D eigenvalue weighted by molar-refractivity contribution is 5.99. The number of fused-ring (bicyclic) bond motifs is 1. The van der Waals surface area contributed by atoms with Gasteiger partial charge in [0, 0.05) is 5.56 Å². The summed E-state index contributed by atoms with van der Waals surface area (Å²) in [5, 5.41) is 13.8. The first-order valence-corrected chi connectivity index (χ1v) is 6.91. The molecule has 0 fully saturated rings. The van der Waals surface area contributed by atoms with Crippen molar-refractivity contribution in [1.82, 2.24) is 5.32 Å². The average Bonchev–Trinajstić information content (AvgIpc) is 2.45. The Labute approximate surface area is 123 Å². The van der Waals surface area contributed by atoms with Gasteiger partial charge in [-0.1, -0.05) is 26.0 Å². The van der Waals surface area contributed by atoms with Crippen LogP contribution in [0, 0.1) is 5.92 Å². The molecule has 0 aliphatic carbocycles. The monoisotopic (exact) mass is 284 g/mol. The molecular formula is C17H18NO3.